The Kier molecular flexibility index (Phi) is 3.14. The summed E-state index contributed by atoms with van der Waals surface area (Å²) in [6.45, 7) is 5.61. The van der Waals surface area contributed by atoms with Crippen LogP contribution in [-0.2, 0) is 4.79 Å². The van der Waals surface area contributed by atoms with Gasteiger partial charge in [-0.1, -0.05) is 13.8 Å². The molecule has 0 saturated carbocycles. The predicted molar refractivity (Wildman–Crippen MR) is 59.9 cm³/mol. The highest BCUT2D eigenvalue weighted by molar-refractivity contribution is 6.04. The van der Waals surface area contributed by atoms with Crippen molar-refractivity contribution < 1.29 is 9.59 Å². The molecular formula is C11H19N3O2. The van der Waals surface area contributed by atoms with Gasteiger partial charge in [-0.3, -0.25) is 9.69 Å². The van der Waals surface area contributed by atoms with E-state index < -0.39 is 0 Å². The molecule has 16 heavy (non-hydrogen) atoms. The molecule has 2 rings (SSSR count). The fourth-order valence-electron chi connectivity index (χ4n) is 2.37. The second-order valence-electron chi connectivity index (χ2n) is 4.88. The summed E-state index contributed by atoms with van der Waals surface area (Å²) in [5, 5.41) is 5.98. The Morgan fingerprint density at radius 1 is 1.38 bits per heavy atom. The third-order valence-electron chi connectivity index (χ3n) is 3.30. The van der Waals surface area contributed by atoms with E-state index in [2.05, 4.69) is 10.6 Å². The molecule has 90 valence electrons. The minimum Gasteiger partial charge on any atom is -0.326 e. The zero-order valence-electron chi connectivity index (χ0n) is 9.82. The summed E-state index contributed by atoms with van der Waals surface area (Å²) in [5.41, 5.74) is 0. The molecule has 5 heteroatoms. The summed E-state index contributed by atoms with van der Waals surface area (Å²) >= 11 is 0. The van der Waals surface area contributed by atoms with Crippen LogP contribution >= 0.6 is 0 Å². The number of carbonyl (C=O) groups excluding carboxylic acids is 2. The molecule has 2 atom stereocenters. The minimum atomic E-state index is -0.338. The SMILES string of the molecule is CC(C)C1NC(=O)N(C2CCCNC2)C1=O. The van der Waals surface area contributed by atoms with Crippen LogP contribution in [0.2, 0.25) is 0 Å². The average Bonchev–Trinajstić information content (AvgIpc) is 2.56. The quantitative estimate of drug-likeness (QED) is 0.665. The number of hydrogen-bond acceptors (Lipinski definition) is 3. The third-order valence-corrected chi connectivity index (χ3v) is 3.30. The van der Waals surface area contributed by atoms with Crippen LogP contribution in [-0.4, -0.2) is 42.0 Å². The number of hydrogen-bond donors (Lipinski definition) is 2. The lowest BCUT2D eigenvalue weighted by Gasteiger charge is -2.29. The van der Waals surface area contributed by atoms with Gasteiger partial charge >= 0.3 is 6.03 Å². The van der Waals surface area contributed by atoms with E-state index in [4.69, 9.17) is 0 Å². The van der Waals surface area contributed by atoms with Gasteiger partial charge in [-0.15, -0.1) is 0 Å². The van der Waals surface area contributed by atoms with Crippen molar-refractivity contribution in [1.29, 1.82) is 0 Å². The van der Waals surface area contributed by atoms with Crippen molar-refractivity contribution in [3.05, 3.63) is 0 Å². The smallest absolute Gasteiger partial charge is 0.325 e. The first-order chi connectivity index (χ1) is 7.61. The van der Waals surface area contributed by atoms with Crippen LogP contribution in [0.1, 0.15) is 26.7 Å². The summed E-state index contributed by atoms with van der Waals surface area (Å²) in [5.74, 6) is 0.0895. The molecule has 0 radical (unpaired) electrons. The van der Waals surface area contributed by atoms with Crippen molar-refractivity contribution >= 4 is 11.9 Å². The van der Waals surface area contributed by atoms with E-state index in [1.54, 1.807) is 0 Å². The lowest BCUT2D eigenvalue weighted by molar-refractivity contribution is -0.130. The Labute approximate surface area is 95.6 Å². The molecule has 0 aromatic rings. The second kappa shape index (κ2) is 4.41. The summed E-state index contributed by atoms with van der Waals surface area (Å²) < 4.78 is 0. The fraction of sp³-hybridized carbons (Fsp3) is 0.818. The van der Waals surface area contributed by atoms with Crippen LogP contribution in [0.15, 0.2) is 0 Å². The number of imide groups is 1. The van der Waals surface area contributed by atoms with Crippen LogP contribution in [0, 0.1) is 5.92 Å². The molecule has 5 nitrogen and oxygen atoms in total. The van der Waals surface area contributed by atoms with Gasteiger partial charge in [0, 0.05) is 6.54 Å². The molecule has 3 amide bonds. The van der Waals surface area contributed by atoms with Gasteiger partial charge in [-0.25, -0.2) is 4.79 Å². The molecule has 2 heterocycles. The highest BCUT2D eigenvalue weighted by atomic mass is 16.2. The molecule has 2 fully saturated rings. The molecule has 0 bridgehead atoms. The first kappa shape index (κ1) is 11.4. The first-order valence-electron chi connectivity index (χ1n) is 5.95. The standard InChI is InChI=1S/C11H19N3O2/c1-7(2)9-10(15)14(11(16)13-9)8-4-3-5-12-6-8/h7-9,12H,3-6H2,1-2H3,(H,13,16). The third kappa shape index (κ3) is 1.91. The second-order valence-corrected chi connectivity index (χ2v) is 4.88. The Morgan fingerprint density at radius 2 is 2.12 bits per heavy atom. The van der Waals surface area contributed by atoms with Crippen molar-refractivity contribution in [3.8, 4) is 0 Å². The van der Waals surface area contributed by atoms with Crippen LogP contribution in [0.4, 0.5) is 4.79 Å². The van der Waals surface area contributed by atoms with Gasteiger partial charge in [-0.2, -0.15) is 0 Å². The minimum absolute atomic E-state index is 0.0324. The van der Waals surface area contributed by atoms with Gasteiger partial charge < -0.3 is 10.6 Å². The van der Waals surface area contributed by atoms with Crippen LogP contribution in [0.3, 0.4) is 0 Å². The molecule has 0 aromatic heterocycles. The van der Waals surface area contributed by atoms with Crippen molar-refractivity contribution in [2.75, 3.05) is 13.1 Å². The maximum absolute atomic E-state index is 12.1. The number of urea groups is 1. The topological polar surface area (TPSA) is 61.4 Å². The van der Waals surface area contributed by atoms with Gasteiger partial charge in [0.1, 0.15) is 6.04 Å². The Bertz CT molecular complexity index is 298. The molecule has 0 spiro atoms. The summed E-state index contributed by atoms with van der Waals surface area (Å²) in [6.07, 6.45) is 1.94. The van der Waals surface area contributed by atoms with E-state index in [1.165, 1.54) is 4.90 Å². The van der Waals surface area contributed by atoms with Crippen molar-refractivity contribution in [2.24, 2.45) is 5.92 Å². The van der Waals surface area contributed by atoms with Crippen LogP contribution in [0.25, 0.3) is 0 Å². The highest BCUT2D eigenvalue weighted by Gasteiger charge is 2.43. The zero-order chi connectivity index (χ0) is 11.7. The van der Waals surface area contributed by atoms with Crippen molar-refractivity contribution in [1.82, 2.24) is 15.5 Å². The van der Waals surface area contributed by atoms with Crippen molar-refractivity contribution in [3.63, 3.8) is 0 Å². The monoisotopic (exact) mass is 225 g/mol. The summed E-state index contributed by atoms with van der Waals surface area (Å²) in [6, 6.07) is -0.531. The number of piperidine rings is 1. The van der Waals surface area contributed by atoms with E-state index >= 15 is 0 Å². The summed E-state index contributed by atoms with van der Waals surface area (Å²) in [4.78, 5) is 25.2. The predicted octanol–water partition coefficient (Wildman–Crippen LogP) is 0.315. The van der Waals surface area contributed by atoms with E-state index in [0.717, 1.165) is 25.9 Å². The summed E-state index contributed by atoms with van der Waals surface area (Å²) in [7, 11) is 0. The molecule has 2 unspecified atom stereocenters. The molecule has 2 saturated heterocycles. The number of amides is 3. The maximum Gasteiger partial charge on any atom is 0.325 e. The molecular weight excluding hydrogens is 206 g/mol. The lowest BCUT2D eigenvalue weighted by atomic mass is 10.0. The number of carbonyl (C=O) groups is 2. The Hall–Kier alpha value is -1.10. The zero-order valence-corrected chi connectivity index (χ0v) is 9.82. The fourth-order valence-corrected chi connectivity index (χ4v) is 2.37. The molecule has 0 aliphatic carbocycles. The first-order valence-corrected chi connectivity index (χ1v) is 5.95. The molecule has 2 N–H and O–H groups in total. The molecule has 2 aliphatic rings. The van der Waals surface area contributed by atoms with Gasteiger partial charge in [0.2, 0.25) is 0 Å². The van der Waals surface area contributed by atoms with Gasteiger partial charge in [-0.05, 0) is 25.3 Å². The van der Waals surface area contributed by atoms with Gasteiger partial charge in [0.05, 0.1) is 6.04 Å². The van der Waals surface area contributed by atoms with E-state index in [9.17, 15) is 9.59 Å². The van der Waals surface area contributed by atoms with E-state index in [0.29, 0.717) is 0 Å². The maximum atomic E-state index is 12.1. The molecule has 0 aromatic carbocycles. The van der Waals surface area contributed by atoms with Crippen LogP contribution < -0.4 is 10.6 Å². The van der Waals surface area contributed by atoms with Crippen LogP contribution in [0.5, 0.6) is 0 Å². The number of nitrogens with one attached hydrogen (secondary N) is 2. The molecule has 2 aliphatic heterocycles. The number of rotatable bonds is 2. The van der Waals surface area contributed by atoms with Gasteiger partial charge in [0.15, 0.2) is 0 Å². The normalized spacial score (nSPS) is 31.1. The van der Waals surface area contributed by atoms with E-state index in [-0.39, 0.29) is 29.9 Å². The average molecular weight is 225 g/mol. The number of nitrogens with zero attached hydrogens (tertiary/aromatic N) is 1. The Balaban J connectivity index is 2.09. The largest absolute Gasteiger partial charge is 0.326 e. The van der Waals surface area contributed by atoms with Gasteiger partial charge in [0.25, 0.3) is 5.91 Å². The highest BCUT2D eigenvalue weighted by Crippen LogP contribution is 2.19. The lowest BCUT2D eigenvalue weighted by Crippen LogP contribution is -2.49. The van der Waals surface area contributed by atoms with E-state index in [1.807, 2.05) is 13.8 Å². The Morgan fingerprint density at radius 3 is 2.62 bits per heavy atom. The van der Waals surface area contributed by atoms with Crippen molar-refractivity contribution in [2.45, 2.75) is 38.8 Å².